The van der Waals surface area contributed by atoms with Crippen LogP contribution in [0.25, 0.3) is 6.08 Å². The summed E-state index contributed by atoms with van der Waals surface area (Å²) in [7, 11) is 0. The molecule has 21 heavy (non-hydrogen) atoms. The molecule has 2 aromatic rings. The Kier molecular flexibility index (Phi) is 3.54. The van der Waals surface area contributed by atoms with E-state index in [4.69, 9.17) is 12.2 Å². The molecule has 0 atom stereocenters. The average Bonchev–Trinajstić information content (AvgIpc) is 2.76. The van der Waals surface area contributed by atoms with Crippen molar-refractivity contribution in [2.24, 2.45) is 0 Å². The van der Waals surface area contributed by atoms with Gasteiger partial charge in [-0.15, -0.1) is 0 Å². The Balaban J connectivity index is 1.97. The molecule has 2 aromatic carbocycles. The van der Waals surface area contributed by atoms with Crippen molar-refractivity contribution >= 4 is 35.0 Å². The summed E-state index contributed by atoms with van der Waals surface area (Å²) < 4.78 is 0. The number of amides is 1. The Morgan fingerprint density at radius 3 is 2.43 bits per heavy atom. The average molecular weight is 294 g/mol. The van der Waals surface area contributed by atoms with Gasteiger partial charge in [0.2, 0.25) is 0 Å². The van der Waals surface area contributed by atoms with Crippen molar-refractivity contribution in [1.29, 1.82) is 0 Å². The summed E-state index contributed by atoms with van der Waals surface area (Å²) in [4.78, 5) is 14.1. The number of carbonyl (C=O) groups is 1. The van der Waals surface area contributed by atoms with Crippen molar-refractivity contribution in [3.8, 4) is 0 Å². The van der Waals surface area contributed by atoms with E-state index >= 15 is 0 Å². The van der Waals surface area contributed by atoms with Crippen LogP contribution in [0.5, 0.6) is 0 Å². The van der Waals surface area contributed by atoms with Gasteiger partial charge in [-0.3, -0.25) is 9.69 Å². The minimum atomic E-state index is -0.127. The van der Waals surface area contributed by atoms with Crippen LogP contribution in [0.3, 0.4) is 0 Å². The van der Waals surface area contributed by atoms with Crippen LogP contribution >= 0.6 is 12.2 Å². The summed E-state index contributed by atoms with van der Waals surface area (Å²) in [5, 5.41) is 3.41. The van der Waals surface area contributed by atoms with Gasteiger partial charge in [-0.1, -0.05) is 48.5 Å². The van der Waals surface area contributed by atoms with Crippen LogP contribution in [-0.4, -0.2) is 11.0 Å². The molecular weight excluding hydrogens is 280 g/mol. The Bertz CT molecular complexity index is 737. The van der Waals surface area contributed by atoms with Crippen LogP contribution in [-0.2, 0) is 4.79 Å². The third kappa shape index (κ3) is 2.58. The molecule has 1 amide bonds. The predicted octanol–water partition coefficient (Wildman–Crippen LogP) is 3.26. The van der Waals surface area contributed by atoms with Crippen LogP contribution < -0.4 is 10.2 Å². The van der Waals surface area contributed by atoms with Gasteiger partial charge >= 0.3 is 0 Å². The number of nitrogens with zero attached hydrogens (tertiary/aromatic N) is 1. The molecule has 3 rings (SSSR count). The molecule has 4 heteroatoms. The zero-order chi connectivity index (χ0) is 14.8. The molecular formula is C17H14N2OS. The van der Waals surface area contributed by atoms with Gasteiger partial charge in [0, 0.05) is 0 Å². The Morgan fingerprint density at radius 1 is 1.05 bits per heavy atom. The maximum Gasteiger partial charge on any atom is 0.281 e. The van der Waals surface area contributed by atoms with Gasteiger partial charge in [-0.05, 0) is 42.4 Å². The highest BCUT2D eigenvalue weighted by Crippen LogP contribution is 2.25. The molecule has 0 aliphatic carbocycles. The summed E-state index contributed by atoms with van der Waals surface area (Å²) in [5.74, 6) is -0.127. The van der Waals surface area contributed by atoms with Crippen LogP contribution in [0.2, 0.25) is 0 Å². The first kappa shape index (κ1) is 13.5. The first-order chi connectivity index (χ1) is 10.2. The third-order valence-electron chi connectivity index (χ3n) is 3.35. The van der Waals surface area contributed by atoms with Gasteiger partial charge in [-0.2, -0.15) is 0 Å². The molecule has 1 aliphatic rings. The second-order valence-electron chi connectivity index (χ2n) is 4.83. The summed E-state index contributed by atoms with van der Waals surface area (Å²) in [6, 6.07) is 17.4. The molecule has 0 saturated carbocycles. The number of hydrogen-bond donors (Lipinski definition) is 1. The minimum absolute atomic E-state index is 0.127. The van der Waals surface area contributed by atoms with E-state index in [1.54, 1.807) is 4.90 Å². The molecule has 0 spiro atoms. The monoisotopic (exact) mass is 294 g/mol. The Labute approximate surface area is 128 Å². The Hall–Kier alpha value is -2.46. The molecule has 1 fully saturated rings. The predicted molar refractivity (Wildman–Crippen MR) is 88.8 cm³/mol. The van der Waals surface area contributed by atoms with E-state index in [1.165, 1.54) is 0 Å². The zero-order valence-corrected chi connectivity index (χ0v) is 12.4. The van der Waals surface area contributed by atoms with Crippen LogP contribution in [0.1, 0.15) is 11.1 Å². The largest absolute Gasteiger partial charge is 0.327 e. The number of nitrogens with one attached hydrogen (secondary N) is 1. The topological polar surface area (TPSA) is 32.3 Å². The maximum atomic E-state index is 12.6. The molecule has 0 aromatic heterocycles. The summed E-state index contributed by atoms with van der Waals surface area (Å²) in [6.45, 7) is 1.96. The fraction of sp³-hybridized carbons (Fsp3) is 0.0588. The van der Waals surface area contributed by atoms with Crippen molar-refractivity contribution in [3.63, 3.8) is 0 Å². The second kappa shape index (κ2) is 5.50. The van der Waals surface area contributed by atoms with E-state index < -0.39 is 0 Å². The molecule has 0 unspecified atom stereocenters. The van der Waals surface area contributed by atoms with Gasteiger partial charge < -0.3 is 5.32 Å². The molecule has 1 aliphatic heterocycles. The number of rotatable bonds is 2. The van der Waals surface area contributed by atoms with E-state index in [1.807, 2.05) is 67.6 Å². The van der Waals surface area contributed by atoms with Crippen molar-refractivity contribution in [3.05, 3.63) is 71.4 Å². The lowest BCUT2D eigenvalue weighted by molar-refractivity contribution is -0.113. The van der Waals surface area contributed by atoms with E-state index in [9.17, 15) is 4.79 Å². The van der Waals surface area contributed by atoms with Gasteiger partial charge in [0.1, 0.15) is 5.70 Å². The second-order valence-corrected chi connectivity index (χ2v) is 5.21. The fourth-order valence-corrected chi connectivity index (χ4v) is 2.58. The maximum absolute atomic E-state index is 12.6. The summed E-state index contributed by atoms with van der Waals surface area (Å²) in [5.41, 5.74) is 3.28. The Morgan fingerprint density at radius 2 is 1.71 bits per heavy atom. The van der Waals surface area contributed by atoms with E-state index in [0.717, 1.165) is 16.8 Å². The van der Waals surface area contributed by atoms with Crippen molar-refractivity contribution in [2.75, 3.05) is 4.90 Å². The minimum Gasteiger partial charge on any atom is -0.327 e. The van der Waals surface area contributed by atoms with E-state index in [0.29, 0.717) is 10.8 Å². The lowest BCUT2D eigenvalue weighted by Gasteiger charge is -2.16. The van der Waals surface area contributed by atoms with Gasteiger partial charge in [0.05, 0.1) is 5.69 Å². The lowest BCUT2D eigenvalue weighted by atomic mass is 10.1. The number of thiocarbonyl (C=S) groups is 1. The quantitative estimate of drug-likeness (QED) is 0.681. The molecule has 1 saturated heterocycles. The van der Waals surface area contributed by atoms with Crippen molar-refractivity contribution in [2.45, 2.75) is 6.92 Å². The molecule has 0 radical (unpaired) electrons. The standard InChI is InChI=1S/C17H14N2OS/c1-12-7-5-6-10-15(12)19-16(20)14(18-17(19)21)11-13-8-3-2-4-9-13/h2-11H,1H3,(H,18,21). The fourth-order valence-electron chi connectivity index (χ4n) is 2.28. The third-order valence-corrected chi connectivity index (χ3v) is 3.63. The molecule has 3 nitrogen and oxygen atoms in total. The van der Waals surface area contributed by atoms with Crippen molar-refractivity contribution in [1.82, 2.24) is 5.32 Å². The SMILES string of the molecule is Cc1ccccc1N1C(=O)C(=Cc2ccccc2)NC1=S. The number of aryl methyl sites for hydroxylation is 1. The van der Waals surface area contributed by atoms with Gasteiger partial charge in [0.25, 0.3) is 5.91 Å². The first-order valence-electron chi connectivity index (χ1n) is 6.64. The van der Waals surface area contributed by atoms with Gasteiger partial charge in [-0.25, -0.2) is 0 Å². The highest BCUT2D eigenvalue weighted by molar-refractivity contribution is 7.80. The van der Waals surface area contributed by atoms with E-state index in [2.05, 4.69) is 5.32 Å². The molecule has 104 valence electrons. The summed E-state index contributed by atoms with van der Waals surface area (Å²) in [6.07, 6.45) is 1.81. The highest BCUT2D eigenvalue weighted by Gasteiger charge is 2.32. The number of hydrogen-bond acceptors (Lipinski definition) is 2. The van der Waals surface area contributed by atoms with E-state index in [-0.39, 0.29) is 5.91 Å². The molecule has 0 bridgehead atoms. The normalized spacial score (nSPS) is 16.4. The number of anilines is 1. The summed E-state index contributed by atoms with van der Waals surface area (Å²) >= 11 is 5.31. The number of benzene rings is 2. The molecule has 1 heterocycles. The molecule has 1 N–H and O–H groups in total. The van der Waals surface area contributed by atoms with Crippen LogP contribution in [0, 0.1) is 6.92 Å². The number of para-hydroxylation sites is 1. The van der Waals surface area contributed by atoms with Crippen LogP contribution in [0.4, 0.5) is 5.69 Å². The van der Waals surface area contributed by atoms with Crippen molar-refractivity contribution < 1.29 is 4.79 Å². The first-order valence-corrected chi connectivity index (χ1v) is 7.05. The zero-order valence-electron chi connectivity index (χ0n) is 11.5. The highest BCUT2D eigenvalue weighted by atomic mass is 32.1. The van der Waals surface area contributed by atoms with Gasteiger partial charge in [0.15, 0.2) is 5.11 Å². The lowest BCUT2D eigenvalue weighted by Crippen LogP contribution is -2.30. The smallest absolute Gasteiger partial charge is 0.281 e. The number of carbonyl (C=O) groups excluding carboxylic acids is 1. The van der Waals surface area contributed by atoms with Crippen LogP contribution in [0.15, 0.2) is 60.3 Å².